The van der Waals surface area contributed by atoms with Gasteiger partial charge in [-0.1, -0.05) is 35.9 Å². The van der Waals surface area contributed by atoms with Gasteiger partial charge in [-0.2, -0.15) is 0 Å². The lowest BCUT2D eigenvalue weighted by Gasteiger charge is -2.06. The molecular weight excluding hydrogens is 272 g/mol. The highest BCUT2D eigenvalue weighted by atomic mass is 35.5. The van der Waals surface area contributed by atoms with E-state index in [2.05, 4.69) is 4.98 Å². The summed E-state index contributed by atoms with van der Waals surface area (Å²) in [6.45, 7) is 1.85. The van der Waals surface area contributed by atoms with Crippen molar-refractivity contribution in [1.29, 1.82) is 0 Å². The molecule has 0 aliphatic rings. The lowest BCUT2D eigenvalue weighted by atomic mass is 9.98. The average Bonchev–Trinajstić information content (AvgIpc) is 2.86. The molecule has 3 N–H and O–H groups in total. The summed E-state index contributed by atoms with van der Waals surface area (Å²) in [5.74, 6) is -0.0525. The summed E-state index contributed by atoms with van der Waals surface area (Å²) in [5.41, 5.74) is 9.29. The molecule has 0 atom stereocenters. The van der Waals surface area contributed by atoms with Gasteiger partial charge in [0.05, 0.1) is 10.5 Å². The number of nitrogens with two attached hydrogens (primary N) is 1. The Balaban J connectivity index is 2.18. The van der Waals surface area contributed by atoms with Crippen LogP contribution in [0.25, 0.3) is 10.9 Å². The molecule has 0 unspecified atom stereocenters. The fourth-order valence-electron chi connectivity index (χ4n) is 2.35. The molecule has 0 bridgehead atoms. The van der Waals surface area contributed by atoms with Crippen molar-refractivity contribution in [2.24, 2.45) is 0 Å². The number of aromatic amines is 1. The molecular formula is C16H13ClN2O. The number of nitrogens with one attached hydrogen (secondary N) is 1. The highest BCUT2D eigenvalue weighted by molar-refractivity contribution is 6.35. The van der Waals surface area contributed by atoms with Crippen molar-refractivity contribution in [3.63, 3.8) is 0 Å². The molecule has 4 heteroatoms. The fourth-order valence-corrected chi connectivity index (χ4v) is 2.58. The SMILES string of the molecule is Cc1c(N)cccc1C(=O)c1c[nH]c2c(Cl)cccc12. The van der Waals surface area contributed by atoms with Crippen LogP contribution in [-0.2, 0) is 0 Å². The number of para-hydroxylation sites is 1. The van der Waals surface area contributed by atoms with Gasteiger partial charge >= 0.3 is 0 Å². The Morgan fingerprint density at radius 3 is 2.70 bits per heavy atom. The van der Waals surface area contributed by atoms with E-state index in [1.54, 1.807) is 30.5 Å². The Morgan fingerprint density at radius 2 is 1.90 bits per heavy atom. The quantitative estimate of drug-likeness (QED) is 0.553. The predicted molar refractivity (Wildman–Crippen MR) is 82.3 cm³/mol. The molecule has 20 heavy (non-hydrogen) atoms. The molecule has 100 valence electrons. The molecule has 0 spiro atoms. The third kappa shape index (κ3) is 1.87. The molecule has 1 heterocycles. The van der Waals surface area contributed by atoms with Gasteiger partial charge in [-0.3, -0.25) is 4.79 Å². The first-order chi connectivity index (χ1) is 9.59. The van der Waals surface area contributed by atoms with Crippen LogP contribution in [0.2, 0.25) is 5.02 Å². The molecule has 3 aromatic rings. The van der Waals surface area contributed by atoms with Crippen molar-refractivity contribution < 1.29 is 4.79 Å². The normalized spacial score (nSPS) is 10.9. The van der Waals surface area contributed by atoms with Crippen molar-refractivity contribution in [2.45, 2.75) is 6.92 Å². The average molecular weight is 285 g/mol. The summed E-state index contributed by atoms with van der Waals surface area (Å²) in [4.78, 5) is 15.7. The number of hydrogen-bond acceptors (Lipinski definition) is 2. The number of anilines is 1. The number of aromatic nitrogens is 1. The molecule has 0 aliphatic heterocycles. The van der Waals surface area contributed by atoms with Crippen LogP contribution in [0.3, 0.4) is 0 Å². The number of ketones is 1. The second-order valence-electron chi connectivity index (χ2n) is 4.71. The number of carbonyl (C=O) groups excluding carboxylic acids is 1. The van der Waals surface area contributed by atoms with Gasteiger partial charge in [-0.05, 0) is 24.6 Å². The van der Waals surface area contributed by atoms with Crippen molar-refractivity contribution >= 4 is 34.0 Å². The lowest BCUT2D eigenvalue weighted by Crippen LogP contribution is -2.05. The first-order valence-corrected chi connectivity index (χ1v) is 6.63. The summed E-state index contributed by atoms with van der Waals surface area (Å²) < 4.78 is 0. The third-order valence-electron chi connectivity index (χ3n) is 3.53. The van der Waals surface area contributed by atoms with Crippen LogP contribution in [-0.4, -0.2) is 10.8 Å². The Morgan fingerprint density at radius 1 is 1.15 bits per heavy atom. The van der Waals surface area contributed by atoms with Gasteiger partial charge in [0.15, 0.2) is 5.78 Å². The van der Waals surface area contributed by atoms with Crippen molar-refractivity contribution in [3.05, 3.63) is 64.3 Å². The summed E-state index contributed by atoms with van der Waals surface area (Å²) in [5, 5.41) is 1.43. The maximum atomic E-state index is 12.7. The standard InChI is InChI=1S/C16H13ClN2O/c1-9-10(4-3-7-14(9)18)16(20)12-8-19-15-11(12)5-2-6-13(15)17/h2-8,19H,18H2,1H3. The molecule has 0 fully saturated rings. The van der Waals surface area contributed by atoms with Crippen molar-refractivity contribution in [2.75, 3.05) is 5.73 Å². The van der Waals surface area contributed by atoms with Crippen LogP contribution >= 0.6 is 11.6 Å². The number of hydrogen-bond donors (Lipinski definition) is 2. The first-order valence-electron chi connectivity index (χ1n) is 6.25. The lowest BCUT2D eigenvalue weighted by molar-refractivity contribution is 0.104. The minimum atomic E-state index is -0.0525. The van der Waals surface area contributed by atoms with Gasteiger partial charge < -0.3 is 10.7 Å². The minimum Gasteiger partial charge on any atom is -0.398 e. The number of H-pyrrole nitrogens is 1. The zero-order valence-corrected chi connectivity index (χ0v) is 11.7. The van der Waals surface area contributed by atoms with Crippen LogP contribution < -0.4 is 5.73 Å². The minimum absolute atomic E-state index is 0.0525. The molecule has 2 aromatic carbocycles. The fraction of sp³-hybridized carbons (Fsp3) is 0.0625. The highest BCUT2D eigenvalue weighted by Gasteiger charge is 2.17. The topological polar surface area (TPSA) is 58.9 Å². The number of halogens is 1. The van der Waals surface area contributed by atoms with Gasteiger partial charge in [0.1, 0.15) is 0 Å². The van der Waals surface area contributed by atoms with Crippen LogP contribution in [0.1, 0.15) is 21.5 Å². The molecule has 0 radical (unpaired) electrons. The summed E-state index contributed by atoms with van der Waals surface area (Å²) in [6, 6.07) is 10.9. The number of nitrogen functional groups attached to an aromatic ring is 1. The van der Waals surface area contributed by atoms with Crippen molar-refractivity contribution in [3.8, 4) is 0 Å². The molecule has 0 amide bonds. The third-order valence-corrected chi connectivity index (χ3v) is 3.84. The number of benzene rings is 2. The van der Waals surface area contributed by atoms with Gasteiger partial charge in [0.25, 0.3) is 0 Å². The van der Waals surface area contributed by atoms with E-state index in [9.17, 15) is 4.79 Å². The van der Waals surface area contributed by atoms with E-state index in [1.165, 1.54) is 0 Å². The van der Waals surface area contributed by atoms with Gasteiger partial charge in [-0.15, -0.1) is 0 Å². The second kappa shape index (κ2) is 4.69. The molecule has 0 saturated carbocycles. The summed E-state index contributed by atoms with van der Waals surface area (Å²) in [7, 11) is 0. The van der Waals surface area contributed by atoms with E-state index in [1.807, 2.05) is 19.1 Å². The van der Waals surface area contributed by atoms with E-state index < -0.39 is 0 Å². The van der Waals surface area contributed by atoms with E-state index in [4.69, 9.17) is 17.3 Å². The molecule has 3 rings (SSSR count). The maximum Gasteiger partial charge on any atom is 0.195 e. The Kier molecular flexibility index (Phi) is 2.99. The molecule has 0 aliphatic carbocycles. The van der Waals surface area contributed by atoms with E-state index in [0.29, 0.717) is 21.8 Å². The van der Waals surface area contributed by atoms with Crippen LogP contribution in [0, 0.1) is 6.92 Å². The largest absolute Gasteiger partial charge is 0.398 e. The van der Waals surface area contributed by atoms with E-state index in [0.717, 1.165) is 16.5 Å². The van der Waals surface area contributed by atoms with E-state index >= 15 is 0 Å². The first kappa shape index (κ1) is 12.8. The van der Waals surface area contributed by atoms with Crippen LogP contribution in [0.4, 0.5) is 5.69 Å². The zero-order chi connectivity index (χ0) is 14.3. The van der Waals surface area contributed by atoms with Crippen molar-refractivity contribution in [1.82, 2.24) is 4.98 Å². The summed E-state index contributed by atoms with van der Waals surface area (Å²) in [6.07, 6.45) is 1.70. The van der Waals surface area contributed by atoms with E-state index in [-0.39, 0.29) is 5.78 Å². The maximum absolute atomic E-state index is 12.7. The monoisotopic (exact) mass is 284 g/mol. The highest BCUT2D eigenvalue weighted by Crippen LogP contribution is 2.28. The van der Waals surface area contributed by atoms with Crippen LogP contribution in [0.5, 0.6) is 0 Å². The summed E-state index contributed by atoms with van der Waals surface area (Å²) >= 11 is 6.12. The van der Waals surface area contributed by atoms with Gasteiger partial charge in [0, 0.05) is 28.4 Å². The van der Waals surface area contributed by atoms with Gasteiger partial charge in [0.2, 0.25) is 0 Å². The Labute approximate surface area is 121 Å². The Bertz CT molecular complexity index is 820. The predicted octanol–water partition coefficient (Wildman–Crippen LogP) is 3.94. The molecule has 1 aromatic heterocycles. The number of carbonyl (C=O) groups is 1. The number of rotatable bonds is 2. The zero-order valence-electron chi connectivity index (χ0n) is 10.9. The molecule has 0 saturated heterocycles. The van der Waals surface area contributed by atoms with Gasteiger partial charge in [-0.25, -0.2) is 0 Å². The molecule has 3 nitrogen and oxygen atoms in total. The number of fused-ring (bicyclic) bond motifs is 1. The van der Waals surface area contributed by atoms with Crippen LogP contribution in [0.15, 0.2) is 42.6 Å². The second-order valence-corrected chi connectivity index (χ2v) is 5.12. The smallest absolute Gasteiger partial charge is 0.195 e. The Hall–Kier alpha value is -2.26.